The molecule has 0 aromatic carbocycles. The Morgan fingerprint density at radius 3 is 2.82 bits per heavy atom. The van der Waals surface area contributed by atoms with Gasteiger partial charge >= 0.3 is 0 Å². The Hall–Kier alpha value is -1.36. The second-order valence-corrected chi connectivity index (χ2v) is 6.86. The maximum atomic E-state index is 12.6. The zero-order chi connectivity index (χ0) is 15.7. The highest BCUT2D eigenvalue weighted by molar-refractivity contribution is 5.81. The lowest BCUT2D eigenvalue weighted by molar-refractivity contribution is -0.144. The summed E-state index contributed by atoms with van der Waals surface area (Å²) in [4.78, 5) is 14.6. The summed E-state index contributed by atoms with van der Waals surface area (Å²) in [7, 11) is 0. The van der Waals surface area contributed by atoms with Gasteiger partial charge in [0, 0.05) is 12.2 Å². The van der Waals surface area contributed by atoms with Gasteiger partial charge in [-0.15, -0.1) is 0 Å². The number of likely N-dealkylation sites (tertiary alicyclic amines) is 1. The molecule has 2 heterocycles. The Labute approximate surface area is 132 Å². The molecule has 1 aromatic heterocycles. The van der Waals surface area contributed by atoms with Gasteiger partial charge in [0.1, 0.15) is 6.10 Å². The lowest BCUT2D eigenvalue weighted by Gasteiger charge is -2.28. The highest BCUT2D eigenvalue weighted by atomic mass is 16.5. The second-order valence-electron chi connectivity index (χ2n) is 6.86. The Kier molecular flexibility index (Phi) is 4.52. The summed E-state index contributed by atoms with van der Waals surface area (Å²) < 4.78 is 7.78. The third-order valence-corrected chi connectivity index (χ3v) is 4.77. The molecule has 0 unspecified atom stereocenters. The summed E-state index contributed by atoms with van der Waals surface area (Å²) in [6.45, 7) is 8.35. The van der Waals surface area contributed by atoms with E-state index in [9.17, 15) is 4.79 Å². The lowest BCUT2D eigenvalue weighted by atomic mass is 10.2. The monoisotopic (exact) mass is 305 g/mol. The molecule has 0 radical (unpaired) electrons. The molecule has 1 aliphatic heterocycles. The molecule has 0 N–H and O–H groups in total. The summed E-state index contributed by atoms with van der Waals surface area (Å²) in [5.41, 5.74) is 2.20. The van der Waals surface area contributed by atoms with Crippen molar-refractivity contribution in [3.63, 3.8) is 0 Å². The van der Waals surface area contributed by atoms with E-state index in [4.69, 9.17) is 4.74 Å². The Morgan fingerprint density at radius 1 is 1.41 bits per heavy atom. The summed E-state index contributed by atoms with van der Waals surface area (Å²) in [5, 5.41) is 4.53. The van der Waals surface area contributed by atoms with Crippen molar-refractivity contribution in [2.45, 2.75) is 65.1 Å². The van der Waals surface area contributed by atoms with Crippen LogP contribution >= 0.6 is 0 Å². The minimum Gasteiger partial charge on any atom is -0.368 e. The van der Waals surface area contributed by atoms with Crippen LogP contribution in [0.25, 0.3) is 0 Å². The van der Waals surface area contributed by atoms with Crippen LogP contribution in [-0.2, 0) is 16.1 Å². The summed E-state index contributed by atoms with van der Waals surface area (Å²) >= 11 is 0. The number of carbonyl (C=O) groups is 1. The van der Waals surface area contributed by atoms with Crippen LogP contribution < -0.4 is 0 Å². The fourth-order valence-electron chi connectivity index (χ4n) is 3.24. The summed E-state index contributed by atoms with van der Waals surface area (Å²) in [6.07, 6.45) is 4.32. The average Bonchev–Trinajstić information content (AvgIpc) is 3.11. The molecule has 1 saturated heterocycles. The molecule has 122 valence electrons. The maximum Gasteiger partial charge on any atom is 0.251 e. The third kappa shape index (κ3) is 3.51. The Bertz CT molecular complexity index is 536. The smallest absolute Gasteiger partial charge is 0.251 e. The number of aryl methyl sites for hydroxylation is 2. The van der Waals surface area contributed by atoms with E-state index in [0.29, 0.717) is 5.92 Å². The molecule has 5 heteroatoms. The minimum atomic E-state index is -0.318. The first kappa shape index (κ1) is 15.5. The minimum absolute atomic E-state index is 0.143. The number of hydrogen-bond acceptors (Lipinski definition) is 3. The van der Waals surface area contributed by atoms with Crippen LogP contribution in [0.4, 0.5) is 0 Å². The van der Waals surface area contributed by atoms with E-state index in [0.717, 1.165) is 43.9 Å². The van der Waals surface area contributed by atoms with Gasteiger partial charge in [-0.2, -0.15) is 5.10 Å². The van der Waals surface area contributed by atoms with Crippen molar-refractivity contribution in [1.29, 1.82) is 0 Å². The fourth-order valence-corrected chi connectivity index (χ4v) is 3.24. The van der Waals surface area contributed by atoms with Gasteiger partial charge in [-0.3, -0.25) is 9.48 Å². The molecule has 2 fully saturated rings. The number of nitrogens with zero attached hydrogens (tertiary/aromatic N) is 3. The van der Waals surface area contributed by atoms with Crippen molar-refractivity contribution >= 4 is 5.91 Å². The first-order chi connectivity index (χ1) is 10.5. The van der Waals surface area contributed by atoms with Gasteiger partial charge in [0.25, 0.3) is 5.91 Å². The van der Waals surface area contributed by atoms with Gasteiger partial charge in [-0.25, -0.2) is 0 Å². The van der Waals surface area contributed by atoms with Gasteiger partial charge in [-0.05, 0) is 58.4 Å². The first-order valence-corrected chi connectivity index (χ1v) is 8.47. The van der Waals surface area contributed by atoms with Gasteiger partial charge in [-0.1, -0.05) is 0 Å². The molecule has 1 saturated carbocycles. The largest absolute Gasteiger partial charge is 0.368 e. The van der Waals surface area contributed by atoms with Crippen LogP contribution in [-0.4, -0.2) is 45.9 Å². The van der Waals surface area contributed by atoms with E-state index in [1.807, 2.05) is 23.4 Å². The Morgan fingerprint density at radius 2 is 2.18 bits per heavy atom. The highest BCUT2D eigenvalue weighted by Gasteiger charge is 2.33. The van der Waals surface area contributed by atoms with Crippen LogP contribution in [0.1, 0.15) is 44.0 Å². The molecule has 22 heavy (non-hydrogen) atoms. The fraction of sp³-hybridized carbons (Fsp3) is 0.765. The van der Waals surface area contributed by atoms with E-state index in [1.54, 1.807) is 0 Å². The van der Waals surface area contributed by atoms with Crippen molar-refractivity contribution in [1.82, 2.24) is 14.7 Å². The molecule has 5 nitrogen and oxygen atoms in total. The molecule has 0 spiro atoms. The molecule has 1 aliphatic carbocycles. The number of rotatable bonds is 6. The molecule has 2 aliphatic rings. The number of amides is 1. The van der Waals surface area contributed by atoms with Crippen LogP contribution in [0.15, 0.2) is 6.07 Å². The highest BCUT2D eigenvalue weighted by Crippen LogP contribution is 2.29. The molecule has 3 rings (SSSR count). The predicted molar refractivity (Wildman–Crippen MR) is 84.6 cm³/mol. The SMILES string of the molecule is Cc1cc(C)n(C[C@@H]2CCCN2C(=O)[C@@H](C)OCC2CC2)n1. The quantitative estimate of drug-likeness (QED) is 0.810. The zero-order valence-corrected chi connectivity index (χ0v) is 13.9. The molecule has 1 amide bonds. The van der Waals surface area contributed by atoms with Gasteiger partial charge in [0.2, 0.25) is 0 Å². The normalized spacial score (nSPS) is 23.0. The van der Waals surface area contributed by atoms with E-state index in [1.165, 1.54) is 12.8 Å². The van der Waals surface area contributed by atoms with E-state index < -0.39 is 0 Å². The molecule has 1 aromatic rings. The van der Waals surface area contributed by atoms with Gasteiger partial charge in [0.15, 0.2) is 0 Å². The molecule has 0 bridgehead atoms. The van der Waals surface area contributed by atoms with Gasteiger partial charge in [0.05, 0.1) is 24.9 Å². The van der Waals surface area contributed by atoms with Crippen molar-refractivity contribution in [2.24, 2.45) is 5.92 Å². The van der Waals surface area contributed by atoms with Crippen molar-refractivity contribution in [2.75, 3.05) is 13.2 Å². The molecular weight excluding hydrogens is 278 g/mol. The maximum absolute atomic E-state index is 12.6. The van der Waals surface area contributed by atoms with Gasteiger partial charge < -0.3 is 9.64 Å². The number of hydrogen-bond donors (Lipinski definition) is 0. The predicted octanol–water partition coefficient (Wildman–Crippen LogP) is 2.31. The summed E-state index contributed by atoms with van der Waals surface area (Å²) in [6, 6.07) is 2.33. The standard InChI is InChI=1S/C17H27N3O2/c1-12-9-13(2)20(18-12)10-16-5-4-8-19(16)17(21)14(3)22-11-15-6-7-15/h9,14-16H,4-8,10-11H2,1-3H3/t14-,16+/m1/s1. The average molecular weight is 305 g/mol. The van der Waals surface area contributed by atoms with Crippen molar-refractivity contribution < 1.29 is 9.53 Å². The topological polar surface area (TPSA) is 47.4 Å². The van der Waals surface area contributed by atoms with Crippen LogP contribution in [0, 0.1) is 19.8 Å². The van der Waals surface area contributed by atoms with E-state index in [-0.39, 0.29) is 18.1 Å². The number of ether oxygens (including phenoxy) is 1. The second kappa shape index (κ2) is 6.41. The van der Waals surface area contributed by atoms with Crippen LogP contribution in [0.2, 0.25) is 0 Å². The number of aromatic nitrogens is 2. The van der Waals surface area contributed by atoms with Crippen molar-refractivity contribution in [3.05, 3.63) is 17.5 Å². The van der Waals surface area contributed by atoms with E-state index >= 15 is 0 Å². The van der Waals surface area contributed by atoms with Crippen LogP contribution in [0.5, 0.6) is 0 Å². The number of carbonyl (C=O) groups excluding carboxylic acids is 1. The zero-order valence-electron chi connectivity index (χ0n) is 13.9. The lowest BCUT2D eigenvalue weighted by Crippen LogP contribution is -2.44. The molecule has 2 atom stereocenters. The summed E-state index contributed by atoms with van der Waals surface area (Å²) in [5.74, 6) is 0.837. The van der Waals surface area contributed by atoms with Crippen LogP contribution in [0.3, 0.4) is 0 Å². The van der Waals surface area contributed by atoms with E-state index in [2.05, 4.69) is 18.1 Å². The third-order valence-electron chi connectivity index (χ3n) is 4.77. The first-order valence-electron chi connectivity index (χ1n) is 8.47. The van der Waals surface area contributed by atoms with Crippen molar-refractivity contribution in [3.8, 4) is 0 Å². The Balaban J connectivity index is 1.59. The molecular formula is C17H27N3O2.